The molecule has 1 aromatic carbocycles. The van der Waals surface area contributed by atoms with E-state index in [9.17, 15) is 9.90 Å². The van der Waals surface area contributed by atoms with Gasteiger partial charge in [-0.2, -0.15) is 0 Å². The number of ketones is 1. The zero-order valence-electron chi connectivity index (χ0n) is 18.8. The largest absolute Gasteiger partial charge is 0.486 e. The molecule has 1 saturated heterocycles. The van der Waals surface area contributed by atoms with Gasteiger partial charge in [-0.3, -0.25) is 4.79 Å². The van der Waals surface area contributed by atoms with Gasteiger partial charge in [-0.1, -0.05) is 38.7 Å². The fraction of sp³-hybridized carbons (Fsp3) is 0.720. The van der Waals surface area contributed by atoms with E-state index >= 15 is 0 Å². The second kappa shape index (κ2) is 11.7. The van der Waals surface area contributed by atoms with Crippen molar-refractivity contribution in [2.75, 3.05) is 26.3 Å². The van der Waals surface area contributed by atoms with Gasteiger partial charge in [-0.05, 0) is 50.4 Å². The van der Waals surface area contributed by atoms with Crippen molar-refractivity contribution in [1.29, 1.82) is 0 Å². The van der Waals surface area contributed by atoms with Gasteiger partial charge in [0.1, 0.15) is 19.0 Å². The van der Waals surface area contributed by atoms with Crippen molar-refractivity contribution < 1.29 is 19.4 Å². The molecule has 30 heavy (non-hydrogen) atoms. The average Bonchev–Trinajstić information content (AvgIpc) is 3.16. The summed E-state index contributed by atoms with van der Waals surface area (Å²) in [6.45, 7) is 7.34. The smallest absolute Gasteiger partial charge is 0.161 e. The number of likely N-dealkylation sites (tertiary alicyclic amines) is 1. The Morgan fingerprint density at radius 1 is 1.17 bits per heavy atom. The fourth-order valence-electron chi connectivity index (χ4n) is 4.68. The van der Waals surface area contributed by atoms with Crippen molar-refractivity contribution in [1.82, 2.24) is 4.90 Å². The Morgan fingerprint density at radius 2 is 1.93 bits per heavy atom. The molecule has 2 aliphatic rings. The minimum atomic E-state index is -0.683. The maximum absolute atomic E-state index is 12.7. The summed E-state index contributed by atoms with van der Waals surface area (Å²) in [4.78, 5) is 15.2. The SMILES string of the molecule is CCCCCCCC(=O)C[C@H](CN1CCC[C@@H]1C)C(O)c1ccc2c(c1)OCCO2. The van der Waals surface area contributed by atoms with E-state index in [4.69, 9.17) is 9.47 Å². The molecule has 3 atom stereocenters. The van der Waals surface area contributed by atoms with Gasteiger partial charge in [0.15, 0.2) is 11.5 Å². The van der Waals surface area contributed by atoms with E-state index in [0.717, 1.165) is 37.2 Å². The molecule has 168 valence electrons. The van der Waals surface area contributed by atoms with Crippen LogP contribution in [0.25, 0.3) is 0 Å². The van der Waals surface area contributed by atoms with Crippen molar-refractivity contribution in [2.45, 2.75) is 83.8 Å². The van der Waals surface area contributed by atoms with Crippen LogP contribution < -0.4 is 9.47 Å². The lowest BCUT2D eigenvalue weighted by Crippen LogP contribution is -2.35. The molecule has 0 spiro atoms. The van der Waals surface area contributed by atoms with Crippen LogP contribution in [0.2, 0.25) is 0 Å². The van der Waals surface area contributed by atoms with Gasteiger partial charge in [-0.25, -0.2) is 0 Å². The van der Waals surface area contributed by atoms with E-state index in [1.807, 2.05) is 18.2 Å². The van der Waals surface area contributed by atoms with Gasteiger partial charge >= 0.3 is 0 Å². The summed E-state index contributed by atoms with van der Waals surface area (Å²) in [6.07, 6.45) is 8.52. The van der Waals surface area contributed by atoms with Crippen LogP contribution in [0.1, 0.15) is 83.3 Å². The Bertz CT molecular complexity index is 677. The third kappa shape index (κ3) is 6.45. The molecule has 0 bridgehead atoms. The zero-order chi connectivity index (χ0) is 21.3. The summed E-state index contributed by atoms with van der Waals surface area (Å²) in [5.41, 5.74) is 0.812. The number of hydrogen-bond donors (Lipinski definition) is 1. The summed E-state index contributed by atoms with van der Waals surface area (Å²) in [5, 5.41) is 11.2. The molecule has 0 aromatic heterocycles. The minimum absolute atomic E-state index is 0.101. The van der Waals surface area contributed by atoms with Crippen molar-refractivity contribution in [3.63, 3.8) is 0 Å². The average molecular weight is 418 g/mol. The van der Waals surface area contributed by atoms with Crippen LogP contribution >= 0.6 is 0 Å². The van der Waals surface area contributed by atoms with Crippen LogP contribution in [0.15, 0.2) is 18.2 Å². The molecule has 1 unspecified atom stereocenters. The summed E-state index contributed by atoms with van der Waals surface area (Å²) in [7, 11) is 0. The normalized spacial score (nSPS) is 20.8. The predicted molar refractivity (Wildman–Crippen MR) is 119 cm³/mol. The van der Waals surface area contributed by atoms with E-state index in [-0.39, 0.29) is 11.7 Å². The first-order valence-corrected chi connectivity index (χ1v) is 11.9. The van der Waals surface area contributed by atoms with Crippen molar-refractivity contribution in [2.24, 2.45) is 5.92 Å². The summed E-state index contributed by atoms with van der Waals surface area (Å²) in [6, 6.07) is 6.19. The Hall–Kier alpha value is -1.59. The van der Waals surface area contributed by atoms with E-state index < -0.39 is 6.10 Å². The number of benzene rings is 1. The number of rotatable bonds is 12. The van der Waals surface area contributed by atoms with E-state index in [1.165, 1.54) is 32.1 Å². The van der Waals surface area contributed by atoms with Crippen molar-refractivity contribution >= 4 is 5.78 Å². The summed E-state index contributed by atoms with van der Waals surface area (Å²) < 4.78 is 11.3. The quantitative estimate of drug-likeness (QED) is 0.490. The lowest BCUT2D eigenvalue weighted by molar-refractivity contribution is -0.121. The number of Topliss-reactive ketones (excluding diaryl/α,β-unsaturated/α-hetero) is 1. The molecular weight excluding hydrogens is 378 g/mol. The fourth-order valence-corrected chi connectivity index (χ4v) is 4.68. The molecule has 1 aromatic rings. The number of nitrogens with zero attached hydrogens (tertiary/aromatic N) is 1. The summed E-state index contributed by atoms with van der Waals surface area (Å²) >= 11 is 0. The standard InChI is InChI=1S/C25H39NO4/c1-3-4-5-6-7-10-22(27)16-21(18-26-13-8-9-19(26)2)25(28)20-11-12-23-24(17-20)30-15-14-29-23/h11-12,17,19,21,25,28H,3-10,13-16,18H2,1-2H3/t19-,21+,25?/m0/s1. The number of ether oxygens (including phenoxy) is 2. The number of aliphatic hydroxyl groups excluding tert-OH is 1. The first-order chi connectivity index (χ1) is 14.6. The van der Waals surface area contributed by atoms with Crippen LogP contribution in [-0.4, -0.2) is 48.1 Å². The van der Waals surface area contributed by atoms with Gasteiger partial charge < -0.3 is 19.5 Å². The highest BCUT2D eigenvalue weighted by Gasteiger charge is 2.30. The number of aliphatic hydroxyl groups is 1. The lowest BCUT2D eigenvalue weighted by Gasteiger charge is -2.30. The van der Waals surface area contributed by atoms with Crippen molar-refractivity contribution in [3.8, 4) is 11.5 Å². The maximum atomic E-state index is 12.7. The van der Waals surface area contributed by atoms with Crippen LogP contribution in [0, 0.1) is 5.92 Å². The number of carbonyl (C=O) groups excluding carboxylic acids is 1. The molecule has 0 saturated carbocycles. The number of fused-ring (bicyclic) bond motifs is 1. The Morgan fingerprint density at radius 3 is 2.67 bits per heavy atom. The molecule has 5 nitrogen and oxygen atoms in total. The first-order valence-electron chi connectivity index (χ1n) is 11.9. The number of carbonyl (C=O) groups is 1. The van der Waals surface area contributed by atoms with Gasteiger partial charge in [0.05, 0.1) is 6.10 Å². The second-order valence-electron chi connectivity index (χ2n) is 9.00. The monoisotopic (exact) mass is 417 g/mol. The molecular formula is C25H39NO4. The third-order valence-corrected chi connectivity index (χ3v) is 6.56. The predicted octanol–water partition coefficient (Wildman–Crippen LogP) is 4.91. The molecule has 1 N–H and O–H groups in total. The van der Waals surface area contributed by atoms with Gasteiger partial charge in [0.25, 0.3) is 0 Å². The first kappa shape index (κ1) is 23.1. The van der Waals surface area contributed by atoms with Crippen LogP contribution in [-0.2, 0) is 4.79 Å². The number of unbranched alkanes of at least 4 members (excludes halogenated alkanes) is 4. The van der Waals surface area contributed by atoms with Gasteiger partial charge in [0.2, 0.25) is 0 Å². The third-order valence-electron chi connectivity index (χ3n) is 6.56. The molecule has 0 aliphatic carbocycles. The highest BCUT2D eigenvalue weighted by atomic mass is 16.6. The molecule has 5 heteroatoms. The molecule has 2 aliphatic heterocycles. The molecule has 2 heterocycles. The van der Waals surface area contributed by atoms with Crippen LogP contribution in [0.5, 0.6) is 11.5 Å². The topological polar surface area (TPSA) is 59.0 Å². The zero-order valence-corrected chi connectivity index (χ0v) is 18.8. The summed E-state index contributed by atoms with van der Waals surface area (Å²) in [5.74, 6) is 1.59. The van der Waals surface area contributed by atoms with Crippen LogP contribution in [0.3, 0.4) is 0 Å². The molecule has 3 rings (SSSR count). The highest BCUT2D eigenvalue weighted by Crippen LogP contribution is 2.36. The van der Waals surface area contributed by atoms with E-state index in [0.29, 0.717) is 37.8 Å². The van der Waals surface area contributed by atoms with Gasteiger partial charge in [0, 0.05) is 31.3 Å². The maximum Gasteiger partial charge on any atom is 0.161 e. The van der Waals surface area contributed by atoms with E-state index in [2.05, 4.69) is 18.7 Å². The van der Waals surface area contributed by atoms with Gasteiger partial charge in [-0.15, -0.1) is 0 Å². The Labute approximate surface area is 181 Å². The van der Waals surface area contributed by atoms with Crippen LogP contribution in [0.4, 0.5) is 0 Å². The van der Waals surface area contributed by atoms with E-state index in [1.54, 1.807) is 0 Å². The second-order valence-corrected chi connectivity index (χ2v) is 9.00. The minimum Gasteiger partial charge on any atom is -0.486 e. The lowest BCUT2D eigenvalue weighted by atomic mass is 9.89. The molecule has 1 fully saturated rings. The van der Waals surface area contributed by atoms with Crippen molar-refractivity contribution in [3.05, 3.63) is 23.8 Å². The Kier molecular flexibility index (Phi) is 9.01. The Balaban J connectivity index is 1.64. The number of hydrogen-bond acceptors (Lipinski definition) is 5. The molecule has 0 radical (unpaired) electrons. The highest BCUT2D eigenvalue weighted by molar-refractivity contribution is 5.78. The molecule has 0 amide bonds.